The van der Waals surface area contributed by atoms with Gasteiger partial charge in [-0.1, -0.05) is 0 Å². The van der Waals surface area contributed by atoms with E-state index in [9.17, 15) is 14.7 Å². The molecule has 2 aromatic rings. The SMILES string of the molecule is COc1cc(C2c3cc4c(cc3C(NC(=O)CCNCCCNCCCCNCCCN)C3COC(=O)C23)OCO4)cc(OC)c1O. The number of amides is 1. The van der Waals surface area contributed by atoms with E-state index in [4.69, 9.17) is 29.4 Å². The molecule has 258 valence electrons. The fraction of sp³-hybridized carbons (Fsp3) is 0.588. The minimum atomic E-state index is -0.592. The number of carbonyl (C=O) groups is 2. The fourth-order valence-electron chi connectivity index (χ4n) is 6.73. The molecule has 4 atom stereocenters. The first-order chi connectivity index (χ1) is 23.0. The Labute approximate surface area is 276 Å². The van der Waals surface area contributed by atoms with Crippen LogP contribution in [-0.2, 0) is 14.3 Å². The monoisotopic (exact) mass is 655 g/mol. The van der Waals surface area contributed by atoms with Gasteiger partial charge in [0.05, 0.1) is 32.8 Å². The minimum Gasteiger partial charge on any atom is -0.502 e. The third-order valence-electron chi connectivity index (χ3n) is 9.12. The van der Waals surface area contributed by atoms with Gasteiger partial charge in [0.1, 0.15) is 0 Å². The molecule has 7 N–H and O–H groups in total. The number of nitrogens with one attached hydrogen (secondary N) is 4. The van der Waals surface area contributed by atoms with Crippen molar-refractivity contribution in [3.8, 4) is 28.7 Å². The average molecular weight is 656 g/mol. The lowest BCUT2D eigenvalue weighted by Gasteiger charge is -2.39. The zero-order valence-electron chi connectivity index (χ0n) is 27.4. The maximum atomic E-state index is 13.3. The first kappa shape index (κ1) is 34.6. The van der Waals surface area contributed by atoms with Gasteiger partial charge in [0.2, 0.25) is 18.4 Å². The number of phenolic OH excluding ortho intramolecular Hbond substituents is 1. The molecule has 13 heteroatoms. The van der Waals surface area contributed by atoms with Crippen LogP contribution in [0.15, 0.2) is 24.3 Å². The highest BCUT2D eigenvalue weighted by Crippen LogP contribution is 2.55. The number of methoxy groups -OCH3 is 2. The van der Waals surface area contributed by atoms with Crippen molar-refractivity contribution in [2.24, 2.45) is 17.6 Å². The second-order valence-electron chi connectivity index (χ2n) is 12.2. The molecule has 0 radical (unpaired) electrons. The zero-order chi connectivity index (χ0) is 33.2. The summed E-state index contributed by atoms with van der Waals surface area (Å²) in [5.74, 6) is -0.367. The molecule has 2 aromatic carbocycles. The Morgan fingerprint density at radius 2 is 1.45 bits per heavy atom. The molecule has 2 heterocycles. The van der Waals surface area contributed by atoms with Crippen molar-refractivity contribution in [2.45, 2.75) is 44.1 Å². The van der Waals surface area contributed by atoms with E-state index in [1.54, 1.807) is 12.1 Å². The number of aromatic hydroxyl groups is 1. The molecule has 1 fully saturated rings. The lowest BCUT2D eigenvalue weighted by molar-refractivity contribution is -0.141. The fourth-order valence-corrected chi connectivity index (χ4v) is 6.73. The van der Waals surface area contributed by atoms with Crippen molar-refractivity contribution in [1.29, 1.82) is 0 Å². The molecule has 2 aliphatic heterocycles. The van der Waals surface area contributed by atoms with E-state index >= 15 is 0 Å². The van der Waals surface area contributed by atoms with Gasteiger partial charge in [0.25, 0.3) is 0 Å². The highest BCUT2D eigenvalue weighted by atomic mass is 16.7. The summed E-state index contributed by atoms with van der Waals surface area (Å²) < 4.78 is 27.9. The standard InChI is InChI=1S/C34H49N5O8/c1-43-27-15-21(16-28(44-2)33(27)41)30-22-17-25-26(47-20-46-25)18-23(22)32(24-19-45-34(42)31(24)30)39-29(40)7-14-38-13-6-12-37-10-4-3-9-36-11-5-8-35/h15-18,24,30-32,36-38,41H,3-14,19-20,35H2,1-2H3,(H,39,40). The van der Waals surface area contributed by atoms with Gasteiger partial charge in [-0.15, -0.1) is 0 Å². The lowest BCUT2D eigenvalue weighted by atomic mass is 9.65. The van der Waals surface area contributed by atoms with Gasteiger partial charge < -0.3 is 55.8 Å². The van der Waals surface area contributed by atoms with Crippen molar-refractivity contribution in [3.63, 3.8) is 0 Å². The van der Waals surface area contributed by atoms with Gasteiger partial charge in [-0.2, -0.15) is 0 Å². The number of nitrogens with two attached hydrogens (primary N) is 1. The highest BCUT2D eigenvalue weighted by molar-refractivity contribution is 5.81. The first-order valence-electron chi connectivity index (χ1n) is 16.6. The number of fused-ring (bicyclic) bond motifs is 3. The van der Waals surface area contributed by atoms with Crippen LogP contribution in [0.3, 0.4) is 0 Å². The van der Waals surface area contributed by atoms with Crippen molar-refractivity contribution < 1.29 is 38.4 Å². The van der Waals surface area contributed by atoms with E-state index in [2.05, 4.69) is 21.3 Å². The molecular weight excluding hydrogens is 606 g/mol. The minimum absolute atomic E-state index is 0.0873. The Morgan fingerprint density at radius 3 is 2.09 bits per heavy atom. The summed E-state index contributed by atoms with van der Waals surface area (Å²) in [7, 11) is 2.92. The number of esters is 1. The van der Waals surface area contributed by atoms with Crippen LogP contribution in [0.1, 0.15) is 60.8 Å². The molecule has 3 aliphatic rings. The van der Waals surface area contributed by atoms with E-state index in [1.807, 2.05) is 12.1 Å². The maximum Gasteiger partial charge on any atom is 0.310 e. The number of unbranched alkanes of at least 4 members (excludes halogenated alkanes) is 1. The summed E-state index contributed by atoms with van der Waals surface area (Å²) in [6.45, 7) is 6.26. The van der Waals surface area contributed by atoms with E-state index < -0.39 is 17.9 Å². The van der Waals surface area contributed by atoms with Crippen LogP contribution in [0.25, 0.3) is 0 Å². The van der Waals surface area contributed by atoms with Gasteiger partial charge >= 0.3 is 5.97 Å². The summed E-state index contributed by atoms with van der Waals surface area (Å²) in [6, 6.07) is 6.73. The molecule has 0 bridgehead atoms. The molecule has 0 aromatic heterocycles. The van der Waals surface area contributed by atoms with Gasteiger partial charge in [-0.3, -0.25) is 9.59 Å². The Kier molecular flexibility index (Phi) is 12.4. The van der Waals surface area contributed by atoms with Crippen LogP contribution < -0.4 is 45.9 Å². The maximum absolute atomic E-state index is 13.3. The Morgan fingerprint density at radius 1 is 0.851 bits per heavy atom. The average Bonchev–Trinajstić information content (AvgIpc) is 3.70. The Balaban J connectivity index is 1.20. The number of carbonyl (C=O) groups excluding carboxylic acids is 2. The van der Waals surface area contributed by atoms with Crippen molar-refractivity contribution in [1.82, 2.24) is 21.3 Å². The van der Waals surface area contributed by atoms with Crippen LogP contribution in [-0.4, -0.2) is 90.4 Å². The molecule has 1 saturated heterocycles. The second kappa shape index (κ2) is 16.9. The van der Waals surface area contributed by atoms with E-state index in [0.717, 1.165) is 76.1 Å². The normalized spacial score (nSPS) is 20.8. The lowest BCUT2D eigenvalue weighted by Crippen LogP contribution is -2.43. The van der Waals surface area contributed by atoms with Crippen LogP contribution in [0.2, 0.25) is 0 Å². The number of benzene rings is 2. The van der Waals surface area contributed by atoms with Crippen molar-refractivity contribution in [2.75, 3.05) is 73.4 Å². The number of hydrogen-bond acceptors (Lipinski definition) is 12. The van der Waals surface area contributed by atoms with Crippen LogP contribution >= 0.6 is 0 Å². The number of hydrogen-bond donors (Lipinski definition) is 6. The molecule has 0 saturated carbocycles. The quantitative estimate of drug-likeness (QED) is 0.0960. The van der Waals surface area contributed by atoms with Crippen molar-refractivity contribution >= 4 is 11.9 Å². The van der Waals surface area contributed by atoms with Crippen LogP contribution in [0.4, 0.5) is 0 Å². The molecular formula is C34H49N5O8. The Hall–Kier alpha value is -3.78. The smallest absolute Gasteiger partial charge is 0.310 e. The number of ether oxygens (including phenoxy) is 5. The summed E-state index contributed by atoms with van der Waals surface area (Å²) in [6.07, 6.45) is 4.55. The molecule has 0 spiro atoms. The van der Waals surface area contributed by atoms with Crippen LogP contribution in [0, 0.1) is 11.8 Å². The predicted molar refractivity (Wildman–Crippen MR) is 175 cm³/mol. The molecule has 4 unspecified atom stereocenters. The summed E-state index contributed by atoms with van der Waals surface area (Å²) >= 11 is 0. The third kappa shape index (κ3) is 8.21. The topological polar surface area (TPSA) is 175 Å². The number of phenols is 1. The summed E-state index contributed by atoms with van der Waals surface area (Å²) in [5.41, 5.74) is 7.86. The van der Waals surface area contributed by atoms with E-state index in [-0.39, 0.29) is 48.4 Å². The number of rotatable bonds is 19. The summed E-state index contributed by atoms with van der Waals surface area (Å²) in [4.78, 5) is 26.6. The molecule has 1 aliphatic carbocycles. The Bertz CT molecular complexity index is 1350. The molecule has 1 amide bonds. The first-order valence-corrected chi connectivity index (χ1v) is 16.6. The van der Waals surface area contributed by atoms with Gasteiger partial charge in [-0.25, -0.2) is 0 Å². The predicted octanol–water partition coefficient (Wildman–Crippen LogP) is 1.91. The third-order valence-corrected chi connectivity index (χ3v) is 9.12. The van der Waals surface area contributed by atoms with Gasteiger partial charge in [-0.05, 0) is 106 Å². The summed E-state index contributed by atoms with van der Waals surface area (Å²) in [5, 5.41) is 24.0. The van der Waals surface area contributed by atoms with Gasteiger partial charge in [0.15, 0.2) is 23.0 Å². The zero-order valence-corrected chi connectivity index (χ0v) is 27.4. The van der Waals surface area contributed by atoms with E-state index in [1.165, 1.54) is 14.2 Å². The largest absolute Gasteiger partial charge is 0.502 e. The van der Waals surface area contributed by atoms with Gasteiger partial charge in [0, 0.05) is 24.8 Å². The second-order valence-corrected chi connectivity index (χ2v) is 12.2. The van der Waals surface area contributed by atoms with E-state index in [0.29, 0.717) is 30.0 Å². The highest BCUT2D eigenvalue weighted by Gasteiger charge is 2.53. The number of cyclic esters (lactones) is 1. The van der Waals surface area contributed by atoms with Crippen LogP contribution in [0.5, 0.6) is 28.7 Å². The molecule has 13 nitrogen and oxygen atoms in total. The molecule has 47 heavy (non-hydrogen) atoms. The van der Waals surface area contributed by atoms with Crippen molar-refractivity contribution in [3.05, 3.63) is 41.0 Å². The molecule has 5 rings (SSSR count).